The number of carbonyl (C=O) groups excluding carboxylic acids is 1. The number of nitrogens with zero attached hydrogens (tertiary/aromatic N) is 1. The van der Waals surface area contributed by atoms with Gasteiger partial charge in [-0.3, -0.25) is 0 Å². The SMILES string of the molecule is COC1(C(F)(F)C(=O)O)CN(C(=O)OCc2ccccc2)C1. The molecule has 0 bridgehead atoms. The number of carbonyl (C=O) groups is 2. The molecule has 2 rings (SSSR count). The summed E-state index contributed by atoms with van der Waals surface area (Å²) in [6.07, 6.45) is -0.794. The maximum absolute atomic E-state index is 13.6. The molecule has 0 unspecified atom stereocenters. The standard InChI is InChI=1S/C14H15F2NO5/c1-21-13(14(15,16)11(18)19)8-17(9-13)12(20)22-7-10-5-3-2-4-6-10/h2-6H,7-9H2,1H3,(H,18,19). The van der Waals surface area contributed by atoms with Gasteiger partial charge in [-0.15, -0.1) is 0 Å². The van der Waals surface area contributed by atoms with E-state index in [1.165, 1.54) is 0 Å². The largest absolute Gasteiger partial charge is 0.477 e. The fraction of sp³-hybridized carbons (Fsp3) is 0.429. The first-order valence-electron chi connectivity index (χ1n) is 6.44. The van der Waals surface area contributed by atoms with Gasteiger partial charge in [0.2, 0.25) is 0 Å². The molecule has 1 aromatic carbocycles. The van der Waals surface area contributed by atoms with Crippen molar-refractivity contribution in [2.45, 2.75) is 18.1 Å². The molecule has 1 fully saturated rings. The molecule has 0 aromatic heterocycles. The Hall–Kier alpha value is -2.22. The first-order valence-corrected chi connectivity index (χ1v) is 6.44. The van der Waals surface area contributed by atoms with Crippen LogP contribution in [-0.2, 0) is 20.9 Å². The lowest BCUT2D eigenvalue weighted by molar-refractivity contribution is -0.250. The topological polar surface area (TPSA) is 76.1 Å². The van der Waals surface area contributed by atoms with Crippen molar-refractivity contribution in [1.82, 2.24) is 4.90 Å². The molecule has 1 aromatic rings. The van der Waals surface area contributed by atoms with E-state index in [2.05, 4.69) is 4.74 Å². The van der Waals surface area contributed by atoms with Crippen LogP contribution >= 0.6 is 0 Å². The maximum Gasteiger partial charge on any atom is 0.410 e. The van der Waals surface area contributed by atoms with Crippen molar-refractivity contribution in [3.05, 3.63) is 35.9 Å². The number of hydrogen-bond donors (Lipinski definition) is 1. The Morgan fingerprint density at radius 2 is 1.91 bits per heavy atom. The van der Waals surface area contributed by atoms with Crippen LogP contribution < -0.4 is 0 Å². The Balaban J connectivity index is 1.92. The molecule has 1 N–H and O–H groups in total. The number of halogens is 2. The van der Waals surface area contributed by atoms with Gasteiger partial charge in [0.05, 0.1) is 13.1 Å². The van der Waals surface area contributed by atoms with E-state index in [9.17, 15) is 18.4 Å². The molecule has 0 aliphatic carbocycles. The smallest absolute Gasteiger partial charge is 0.410 e. The number of hydrogen-bond acceptors (Lipinski definition) is 4. The second-order valence-corrected chi connectivity index (χ2v) is 4.97. The summed E-state index contributed by atoms with van der Waals surface area (Å²) >= 11 is 0. The molecular formula is C14H15F2NO5. The number of aliphatic carboxylic acids is 1. The van der Waals surface area contributed by atoms with Crippen LogP contribution in [0.1, 0.15) is 5.56 Å². The predicted molar refractivity (Wildman–Crippen MR) is 70.5 cm³/mol. The van der Waals surface area contributed by atoms with E-state index in [1.54, 1.807) is 24.3 Å². The van der Waals surface area contributed by atoms with Crippen molar-refractivity contribution in [3.8, 4) is 0 Å². The number of alkyl halides is 2. The van der Waals surface area contributed by atoms with Crippen LogP contribution in [0.2, 0.25) is 0 Å². The van der Waals surface area contributed by atoms with Gasteiger partial charge in [0.1, 0.15) is 6.61 Å². The van der Waals surface area contributed by atoms with E-state index in [0.29, 0.717) is 0 Å². The molecule has 1 aliphatic rings. The molecule has 0 radical (unpaired) electrons. The first-order chi connectivity index (χ1) is 10.3. The molecular weight excluding hydrogens is 300 g/mol. The third-order valence-corrected chi connectivity index (χ3v) is 3.59. The molecule has 1 saturated heterocycles. The van der Waals surface area contributed by atoms with Crippen molar-refractivity contribution in [3.63, 3.8) is 0 Å². The molecule has 0 saturated carbocycles. The zero-order valence-electron chi connectivity index (χ0n) is 11.8. The Morgan fingerprint density at radius 3 is 2.41 bits per heavy atom. The van der Waals surface area contributed by atoms with Gasteiger partial charge in [-0.25, -0.2) is 9.59 Å². The van der Waals surface area contributed by atoms with Crippen LogP contribution in [0, 0.1) is 0 Å². The molecule has 0 spiro atoms. The van der Waals surface area contributed by atoms with Crippen molar-refractivity contribution < 1.29 is 33.0 Å². The van der Waals surface area contributed by atoms with Gasteiger partial charge in [0, 0.05) is 7.11 Å². The van der Waals surface area contributed by atoms with Gasteiger partial charge < -0.3 is 19.5 Å². The van der Waals surface area contributed by atoms with E-state index >= 15 is 0 Å². The van der Waals surface area contributed by atoms with Crippen molar-refractivity contribution in [2.75, 3.05) is 20.2 Å². The summed E-state index contributed by atoms with van der Waals surface area (Å²) in [5.74, 6) is -6.37. The number of carboxylic acids is 1. The number of methoxy groups -OCH3 is 1. The normalized spacial score (nSPS) is 16.8. The molecule has 22 heavy (non-hydrogen) atoms. The number of amides is 1. The van der Waals surface area contributed by atoms with Crippen molar-refractivity contribution in [1.29, 1.82) is 0 Å². The Labute approximate surface area is 125 Å². The van der Waals surface area contributed by atoms with E-state index in [1.807, 2.05) is 6.07 Å². The molecule has 6 nitrogen and oxygen atoms in total. The monoisotopic (exact) mass is 315 g/mol. The van der Waals surface area contributed by atoms with Gasteiger partial charge >= 0.3 is 18.0 Å². The van der Waals surface area contributed by atoms with Gasteiger partial charge in [0.15, 0.2) is 5.60 Å². The van der Waals surface area contributed by atoms with Gasteiger partial charge in [-0.05, 0) is 5.56 Å². The Bertz CT molecular complexity index is 558. The molecule has 120 valence electrons. The van der Waals surface area contributed by atoms with Crippen LogP contribution in [-0.4, -0.2) is 53.8 Å². The first kappa shape index (κ1) is 16.2. The van der Waals surface area contributed by atoms with Gasteiger partial charge in [-0.1, -0.05) is 30.3 Å². The number of benzene rings is 1. The highest BCUT2D eigenvalue weighted by Crippen LogP contribution is 2.40. The number of ether oxygens (including phenoxy) is 2. The fourth-order valence-electron chi connectivity index (χ4n) is 2.16. The summed E-state index contributed by atoms with van der Waals surface area (Å²) < 4.78 is 36.9. The van der Waals surface area contributed by atoms with Crippen LogP contribution in [0.25, 0.3) is 0 Å². The lowest BCUT2D eigenvalue weighted by atomic mass is 9.87. The number of rotatable bonds is 5. The summed E-state index contributed by atoms with van der Waals surface area (Å²) in [6, 6.07) is 8.86. The predicted octanol–water partition coefficient (Wildman–Crippen LogP) is 1.74. The summed E-state index contributed by atoms with van der Waals surface area (Å²) in [5, 5.41) is 8.59. The lowest BCUT2D eigenvalue weighted by Crippen LogP contribution is -2.74. The van der Waals surface area contributed by atoms with E-state index in [0.717, 1.165) is 17.6 Å². The molecule has 1 heterocycles. The van der Waals surface area contributed by atoms with E-state index in [-0.39, 0.29) is 6.61 Å². The van der Waals surface area contributed by atoms with E-state index in [4.69, 9.17) is 9.84 Å². The fourth-order valence-corrected chi connectivity index (χ4v) is 2.16. The van der Waals surface area contributed by atoms with Gasteiger partial charge in [0.25, 0.3) is 0 Å². The highest BCUT2D eigenvalue weighted by Gasteiger charge is 2.67. The van der Waals surface area contributed by atoms with Crippen LogP contribution in [0.4, 0.5) is 13.6 Å². The number of carboxylic acid groups (broad SMARTS) is 1. The van der Waals surface area contributed by atoms with Crippen molar-refractivity contribution >= 4 is 12.1 Å². The average Bonchev–Trinajstić information content (AvgIpc) is 2.45. The van der Waals surface area contributed by atoms with Crippen LogP contribution in [0.15, 0.2) is 30.3 Å². The third-order valence-electron chi connectivity index (χ3n) is 3.59. The zero-order chi connectivity index (χ0) is 16.4. The third kappa shape index (κ3) is 2.74. The molecule has 0 atom stereocenters. The second-order valence-electron chi connectivity index (χ2n) is 4.97. The van der Waals surface area contributed by atoms with Crippen molar-refractivity contribution in [2.24, 2.45) is 0 Å². The van der Waals surface area contributed by atoms with Crippen LogP contribution in [0.3, 0.4) is 0 Å². The summed E-state index contributed by atoms with van der Waals surface area (Å²) in [7, 11) is 0.990. The Morgan fingerprint density at radius 1 is 1.32 bits per heavy atom. The summed E-state index contributed by atoms with van der Waals surface area (Å²) in [6.45, 7) is -1.08. The molecule has 1 amide bonds. The highest BCUT2D eigenvalue weighted by molar-refractivity contribution is 5.79. The zero-order valence-corrected chi connectivity index (χ0v) is 11.8. The quantitative estimate of drug-likeness (QED) is 0.896. The minimum Gasteiger partial charge on any atom is -0.477 e. The minimum absolute atomic E-state index is 0.00544. The Kier molecular flexibility index (Phi) is 4.32. The summed E-state index contributed by atoms with van der Waals surface area (Å²) in [5.41, 5.74) is -1.46. The summed E-state index contributed by atoms with van der Waals surface area (Å²) in [4.78, 5) is 23.4. The maximum atomic E-state index is 13.6. The lowest BCUT2D eigenvalue weighted by Gasteiger charge is -2.49. The highest BCUT2D eigenvalue weighted by atomic mass is 19.3. The molecule has 8 heteroatoms. The second kappa shape index (κ2) is 5.88. The minimum atomic E-state index is -4.09. The molecule has 1 aliphatic heterocycles. The van der Waals surface area contributed by atoms with Gasteiger partial charge in [-0.2, -0.15) is 8.78 Å². The van der Waals surface area contributed by atoms with E-state index < -0.39 is 36.7 Å². The number of likely N-dealkylation sites (tertiary alicyclic amines) is 1. The van der Waals surface area contributed by atoms with Crippen LogP contribution in [0.5, 0.6) is 0 Å². The average molecular weight is 315 g/mol.